The van der Waals surface area contributed by atoms with Crippen molar-refractivity contribution in [2.75, 3.05) is 6.54 Å². The van der Waals surface area contributed by atoms with Crippen LogP contribution in [0, 0.1) is 0 Å². The molecule has 0 aromatic heterocycles. The number of carbonyl (C=O) groups excluding carboxylic acids is 2. The lowest BCUT2D eigenvalue weighted by molar-refractivity contribution is -0.153. The minimum atomic E-state index is -0.270. The molecule has 0 aromatic carbocycles. The Hall–Kier alpha value is -1.06. The molecule has 1 fully saturated rings. The van der Waals surface area contributed by atoms with Crippen molar-refractivity contribution in [1.29, 1.82) is 0 Å². The van der Waals surface area contributed by atoms with E-state index >= 15 is 0 Å². The molecular formula is C10H17NO3. The molecule has 14 heavy (non-hydrogen) atoms. The number of hydrogen-bond acceptors (Lipinski definition) is 3. The zero-order valence-corrected chi connectivity index (χ0v) is 8.95. The van der Waals surface area contributed by atoms with Crippen LogP contribution < -0.4 is 0 Å². The topological polar surface area (TPSA) is 46.6 Å². The summed E-state index contributed by atoms with van der Waals surface area (Å²) in [7, 11) is 0. The number of likely N-dealkylation sites (tertiary alicyclic amines) is 1. The molecule has 0 aromatic rings. The highest BCUT2D eigenvalue weighted by molar-refractivity contribution is 5.73. The van der Waals surface area contributed by atoms with E-state index < -0.39 is 0 Å². The van der Waals surface area contributed by atoms with Gasteiger partial charge >= 0.3 is 5.97 Å². The van der Waals surface area contributed by atoms with Crippen molar-refractivity contribution in [3.8, 4) is 0 Å². The molecule has 1 amide bonds. The van der Waals surface area contributed by atoms with Crippen LogP contribution in [0.1, 0.15) is 33.6 Å². The summed E-state index contributed by atoms with van der Waals surface area (Å²) in [6.45, 7) is 5.50. The van der Waals surface area contributed by atoms with E-state index in [-0.39, 0.29) is 24.0 Å². The Balaban J connectivity index is 2.53. The zero-order valence-electron chi connectivity index (χ0n) is 8.95. The fourth-order valence-corrected chi connectivity index (χ4v) is 1.84. The summed E-state index contributed by atoms with van der Waals surface area (Å²) >= 11 is 0. The van der Waals surface area contributed by atoms with Crippen molar-refractivity contribution in [3.63, 3.8) is 0 Å². The summed E-state index contributed by atoms with van der Waals surface area (Å²) in [5.74, 6) is -0.220. The van der Waals surface area contributed by atoms with Gasteiger partial charge in [0.05, 0.1) is 6.54 Å². The van der Waals surface area contributed by atoms with E-state index in [1.165, 1.54) is 6.92 Å². The van der Waals surface area contributed by atoms with Crippen molar-refractivity contribution in [2.45, 2.75) is 45.8 Å². The Kier molecular flexibility index (Phi) is 3.49. The monoisotopic (exact) mass is 199 g/mol. The first-order valence-corrected chi connectivity index (χ1v) is 4.95. The van der Waals surface area contributed by atoms with E-state index in [0.29, 0.717) is 6.54 Å². The minimum absolute atomic E-state index is 0.0503. The average Bonchev–Trinajstić information content (AvgIpc) is 2.07. The predicted molar refractivity (Wildman–Crippen MR) is 51.6 cm³/mol. The molecule has 0 aliphatic carbocycles. The maximum Gasteiger partial charge on any atom is 0.302 e. The molecule has 0 N–H and O–H groups in total. The molecule has 1 rings (SSSR count). The van der Waals surface area contributed by atoms with Crippen molar-refractivity contribution in [3.05, 3.63) is 0 Å². The van der Waals surface area contributed by atoms with Crippen molar-refractivity contribution in [1.82, 2.24) is 4.90 Å². The highest BCUT2D eigenvalue weighted by Crippen LogP contribution is 2.19. The predicted octanol–water partition coefficient (Wildman–Crippen LogP) is 0.949. The number of carbonyl (C=O) groups is 2. The molecule has 4 nitrogen and oxygen atoms in total. The van der Waals surface area contributed by atoms with Crippen molar-refractivity contribution in [2.24, 2.45) is 0 Å². The number of hydrogen-bond donors (Lipinski definition) is 0. The van der Waals surface area contributed by atoms with Crippen LogP contribution in [0.15, 0.2) is 0 Å². The molecule has 80 valence electrons. The molecule has 0 radical (unpaired) electrons. The molecule has 4 heteroatoms. The maximum atomic E-state index is 11.2. The molecule has 1 aliphatic heterocycles. The van der Waals surface area contributed by atoms with Crippen LogP contribution >= 0.6 is 0 Å². The average molecular weight is 199 g/mol. The van der Waals surface area contributed by atoms with Gasteiger partial charge in [0.1, 0.15) is 6.10 Å². The first-order chi connectivity index (χ1) is 6.50. The maximum absolute atomic E-state index is 11.2. The summed E-state index contributed by atoms with van der Waals surface area (Å²) in [5, 5.41) is 0. The Morgan fingerprint density at radius 1 is 1.29 bits per heavy atom. The number of esters is 1. The van der Waals surface area contributed by atoms with Crippen molar-refractivity contribution < 1.29 is 14.3 Å². The summed E-state index contributed by atoms with van der Waals surface area (Å²) < 4.78 is 5.09. The summed E-state index contributed by atoms with van der Waals surface area (Å²) in [5.41, 5.74) is 0. The van der Waals surface area contributed by atoms with Gasteiger partial charge < -0.3 is 9.64 Å². The molecule has 0 bridgehead atoms. The number of ether oxygens (including phenoxy) is 1. The Morgan fingerprint density at radius 3 is 2.43 bits per heavy atom. The lowest BCUT2D eigenvalue weighted by atomic mass is 10.0. The zero-order chi connectivity index (χ0) is 10.7. The van der Waals surface area contributed by atoms with Gasteiger partial charge in [0.25, 0.3) is 0 Å². The third-order valence-corrected chi connectivity index (χ3v) is 2.58. The van der Waals surface area contributed by atoms with E-state index in [1.807, 2.05) is 6.92 Å². The van der Waals surface area contributed by atoms with Crippen LogP contribution in [-0.2, 0) is 14.3 Å². The van der Waals surface area contributed by atoms with Gasteiger partial charge in [-0.3, -0.25) is 9.59 Å². The van der Waals surface area contributed by atoms with E-state index in [1.54, 1.807) is 11.8 Å². The van der Waals surface area contributed by atoms with Crippen LogP contribution in [0.25, 0.3) is 0 Å². The second kappa shape index (κ2) is 4.44. The molecule has 2 atom stereocenters. The quantitative estimate of drug-likeness (QED) is 0.591. The Bertz CT molecular complexity index is 240. The first kappa shape index (κ1) is 11.0. The number of piperidine rings is 1. The van der Waals surface area contributed by atoms with Crippen LogP contribution in [0.5, 0.6) is 0 Å². The van der Waals surface area contributed by atoms with E-state index in [4.69, 9.17) is 4.74 Å². The fourth-order valence-electron chi connectivity index (χ4n) is 1.84. The number of rotatable bonds is 1. The lowest BCUT2D eigenvalue weighted by Crippen LogP contribution is -2.47. The number of nitrogens with zero attached hydrogens (tertiary/aromatic N) is 1. The molecule has 1 saturated heterocycles. The highest BCUT2D eigenvalue weighted by Gasteiger charge is 2.28. The van der Waals surface area contributed by atoms with E-state index in [2.05, 4.69) is 0 Å². The van der Waals surface area contributed by atoms with Crippen LogP contribution in [0.4, 0.5) is 0 Å². The summed E-state index contributed by atoms with van der Waals surface area (Å²) in [4.78, 5) is 23.7. The molecule has 1 aliphatic rings. The van der Waals surface area contributed by atoms with Crippen molar-refractivity contribution >= 4 is 11.9 Å². The molecule has 1 heterocycles. The molecule has 0 saturated carbocycles. The first-order valence-electron chi connectivity index (χ1n) is 4.95. The second-order valence-corrected chi connectivity index (χ2v) is 3.83. The Labute approximate surface area is 84.2 Å². The van der Waals surface area contributed by atoms with E-state index in [0.717, 1.165) is 12.8 Å². The van der Waals surface area contributed by atoms with Crippen LogP contribution in [-0.4, -0.2) is 35.5 Å². The second-order valence-electron chi connectivity index (χ2n) is 3.83. The van der Waals surface area contributed by atoms with Gasteiger partial charge in [0.15, 0.2) is 0 Å². The van der Waals surface area contributed by atoms with E-state index in [9.17, 15) is 9.59 Å². The highest BCUT2D eigenvalue weighted by atomic mass is 16.5. The summed E-state index contributed by atoms with van der Waals surface area (Å²) in [6.07, 6.45) is 1.63. The van der Waals surface area contributed by atoms with Gasteiger partial charge in [-0.1, -0.05) is 0 Å². The SMILES string of the molecule is CC(=O)OC1CCC(C)N(C(C)=O)C1. The standard InChI is InChI=1S/C10H17NO3/c1-7-4-5-10(14-9(3)13)6-11(7)8(2)12/h7,10H,4-6H2,1-3H3. The van der Waals surface area contributed by atoms with Gasteiger partial charge in [-0.05, 0) is 19.8 Å². The Morgan fingerprint density at radius 2 is 1.93 bits per heavy atom. The molecular weight excluding hydrogens is 182 g/mol. The van der Waals surface area contributed by atoms with Crippen LogP contribution in [0.3, 0.4) is 0 Å². The van der Waals surface area contributed by atoms with Gasteiger partial charge in [-0.25, -0.2) is 0 Å². The smallest absolute Gasteiger partial charge is 0.302 e. The van der Waals surface area contributed by atoms with Crippen LogP contribution in [0.2, 0.25) is 0 Å². The van der Waals surface area contributed by atoms with Gasteiger partial charge in [0.2, 0.25) is 5.91 Å². The number of amides is 1. The largest absolute Gasteiger partial charge is 0.461 e. The third kappa shape index (κ3) is 2.72. The van der Waals surface area contributed by atoms with Gasteiger partial charge in [-0.15, -0.1) is 0 Å². The minimum Gasteiger partial charge on any atom is -0.461 e. The molecule has 2 unspecified atom stereocenters. The third-order valence-electron chi connectivity index (χ3n) is 2.58. The lowest BCUT2D eigenvalue weighted by Gasteiger charge is -2.36. The summed E-state index contributed by atoms with van der Waals surface area (Å²) in [6, 6.07) is 0.263. The normalized spacial score (nSPS) is 27.2. The van der Waals surface area contributed by atoms with Gasteiger partial charge in [0, 0.05) is 19.9 Å². The molecule has 0 spiro atoms. The van der Waals surface area contributed by atoms with Gasteiger partial charge in [-0.2, -0.15) is 0 Å². The fraction of sp³-hybridized carbons (Fsp3) is 0.800.